The van der Waals surface area contributed by atoms with E-state index in [9.17, 15) is 5.11 Å². The highest BCUT2D eigenvalue weighted by atomic mass is 16.5. The fraction of sp³-hybridized carbons (Fsp3) is 0.478. The van der Waals surface area contributed by atoms with Crippen LogP contribution in [0.5, 0.6) is 11.5 Å². The number of aryl methyl sites for hydroxylation is 2. The molecule has 1 aromatic carbocycles. The number of fused-ring (bicyclic) bond motifs is 1. The van der Waals surface area contributed by atoms with Crippen molar-refractivity contribution in [3.63, 3.8) is 0 Å². The molecule has 4 nitrogen and oxygen atoms in total. The summed E-state index contributed by atoms with van der Waals surface area (Å²) < 4.78 is 17.6. The second-order valence-corrected chi connectivity index (χ2v) is 7.93. The largest absolute Gasteiger partial charge is 0.508 e. The quantitative estimate of drug-likeness (QED) is 0.674. The van der Waals surface area contributed by atoms with Crippen molar-refractivity contribution in [1.82, 2.24) is 0 Å². The van der Waals surface area contributed by atoms with Gasteiger partial charge in [-0.2, -0.15) is 0 Å². The summed E-state index contributed by atoms with van der Waals surface area (Å²) in [6, 6.07) is 5.81. The number of furan rings is 1. The molecule has 0 spiro atoms. The average molecular weight is 370 g/mol. The fourth-order valence-corrected chi connectivity index (χ4v) is 3.65. The van der Waals surface area contributed by atoms with Crippen molar-refractivity contribution in [2.75, 3.05) is 7.11 Å². The molecule has 1 aromatic heterocycles. The van der Waals surface area contributed by atoms with Crippen molar-refractivity contribution in [3.8, 4) is 11.5 Å². The Morgan fingerprint density at radius 2 is 2.11 bits per heavy atom. The van der Waals surface area contributed by atoms with Gasteiger partial charge in [0.1, 0.15) is 29.0 Å². The van der Waals surface area contributed by atoms with E-state index >= 15 is 0 Å². The molecular formula is C23H30O4. The first-order valence-electron chi connectivity index (χ1n) is 9.54. The van der Waals surface area contributed by atoms with Crippen LogP contribution in [-0.2, 0) is 17.6 Å². The Hall–Kier alpha value is -2.20. The molecular weight excluding hydrogens is 340 g/mol. The van der Waals surface area contributed by atoms with Gasteiger partial charge in [-0.15, -0.1) is 0 Å². The van der Waals surface area contributed by atoms with Gasteiger partial charge >= 0.3 is 0 Å². The highest BCUT2D eigenvalue weighted by Gasteiger charge is 2.40. The molecule has 2 heterocycles. The molecule has 0 saturated heterocycles. The monoisotopic (exact) mass is 370 g/mol. The van der Waals surface area contributed by atoms with E-state index in [1.807, 2.05) is 26.0 Å². The third-order valence-electron chi connectivity index (χ3n) is 5.57. The third kappa shape index (κ3) is 4.38. The van der Waals surface area contributed by atoms with Crippen LogP contribution in [0.15, 0.2) is 40.5 Å². The lowest BCUT2D eigenvalue weighted by Gasteiger charge is -2.33. The minimum absolute atomic E-state index is 0.0554. The third-order valence-corrected chi connectivity index (χ3v) is 5.57. The number of hydrogen-bond donors (Lipinski definition) is 1. The summed E-state index contributed by atoms with van der Waals surface area (Å²) in [6.45, 7) is 8.16. The number of methoxy groups -OCH3 is 1. The number of phenolic OH excluding ortho intramolecular Hbond substituents is 1. The van der Waals surface area contributed by atoms with E-state index in [0.717, 1.165) is 53.9 Å². The van der Waals surface area contributed by atoms with Gasteiger partial charge in [0, 0.05) is 25.5 Å². The van der Waals surface area contributed by atoms with Crippen molar-refractivity contribution in [2.24, 2.45) is 0 Å². The van der Waals surface area contributed by atoms with E-state index in [4.69, 9.17) is 13.9 Å². The van der Waals surface area contributed by atoms with E-state index in [1.165, 1.54) is 5.57 Å². The maximum atomic E-state index is 9.95. The summed E-state index contributed by atoms with van der Waals surface area (Å²) in [5.74, 6) is 2.18. The standard InChI is InChI=1S/C23H30O4/c1-15(9-19-10-16(2)14-26-19)7-6-8-23(4,25-5)22-13-18-12-20(24)17(3)11-21(18)27-22/h7,10-12,14,22,24H,6,8-9,13H2,1-5H3/b15-7+/t22-,23+/m0/s1. The van der Waals surface area contributed by atoms with E-state index in [1.54, 1.807) is 13.4 Å². The highest BCUT2D eigenvalue weighted by Crippen LogP contribution is 2.39. The van der Waals surface area contributed by atoms with Crippen LogP contribution in [-0.4, -0.2) is 23.9 Å². The molecule has 2 aromatic rings. The summed E-state index contributed by atoms with van der Waals surface area (Å²) in [4.78, 5) is 0. The first-order chi connectivity index (χ1) is 12.8. The Bertz CT molecular complexity index is 802. The second kappa shape index (κ2) is 7.81. The van der Waals surface area contributed by atoms with Crippen molar-refractivity contribution >= 4 is 0 Å². The van der Waals surface area contributed by atoms with Crippen LogP contribution in [0.1, 0.15) is 49.1 Å². The number of phenols is 1. The van der Waals surface area contributed by atoms with Gasteiger partial charge in [-0.05, 0) is 69.9 Å². The lowest BCUT2D eigenvalue weighted by Crippen LogP contribution is -2.44. The number of benzene rings is 1. The number of hydrogen-bond acceptors (Lipinski definition) is 4. The summed E-state index contributed by atoms with van der Waals surface area (Å²) in [5, 5.41) is 9.95. The van der Waals surface area contributed by atoms with E-state index in [0.29, 0.717) is 5.75 Å². The van der Waals surface area contributed by atoms with E-state index in [2.05, 4.69) is 26.0 Å². The first kappa shape index (κ1) is 19.6. The second-order valence-electron chi connectivity index (χ2n) is 7.93. The molecule has 0 unspecified atom stereocenters. The van der Waals surface area contributed by atoms with Crippen molar-refractivity contribution in [1.29, 1.82) is 0 Å². The van der Waals surface area contributed by atoms with Gasteiger partial charge in [0.05, 0.1) is 6.26 Å². The number of aromatic hydroxyl groups is 1. The summed E-state index contributed by atoms with van der Waals surface area (Å²) in [7, 11) is 1.75. The molecule has 146 valence electrons. The topological polar surface area (TPSA) is 51.8 Å². The molecule has 0 fully saturated rings. The van der Waals surface area contributed by atoms with Gasteiger partial charge in [0.25, 0.3) is 0 Å². The zero-order chi connectivity index (χ0) is 19.6. The Morgan fingerprint density at radius 1 is 1.33 bits per heavy atom. The summed E-state index contributed by atoms with van der Waals surface area (Å²) in [5.41, 5.74) is 3.94. The van der Waals surface area contributed by atoms with Gasteiger partial charge < -0.3 is 19.0 Å². The lowest BCUT2D eigenvalue weighted by molar-refractivity contribution is -0.0755. The van der Waals surface area contributed by atoms with Crippen LogP contribution in [0.25, 0.3) is 0 Å². The van der Waals surface area contributed by atoms with E-state index in [-0.39, 0.29) is 11.7 Å². The van der Waals surface area contributed by atoms with Gasteiger partial charge in [-0.1, -0.05) is 11.6 Å². The van der Waals surface area contributed by atoms with Crippen LogP contribution in [0, 0.1) is 13.8 Å². The molecule has 0 saturated carbocycles. The SMILES string of the molecule is CO[C@](C)(CC/C=C(\C)Cc1cc(C)co1)[C@@H]1Cc2cc(O)c(C)cc2O1. The van der Waals surface area contributed by atoms with Crippen molar-refractivity contribution in [3.05, 3.63) is 58.6 Å². The lowest BCUT2D eigenvalue weighted by atomic mass is 9.89. The molecule has 3 rings (SSSR count). The Morgan fingerprint density at radius 3 is 2.78 bits per heavy atom. The summed E-state index contributed by atoms with van der Waals surface area (Å²) in [6.07, 6.45) is 7.36. The maximum Gasteiger partial charge on any atom is 0.131 e. The maximum absolute atomic E-state index is 9.95. The molecule has 0 radical (unpaired) electrons. The van der Waals surface area contributed by atoms with Gasteiger partial charge in [-0.3, -0.25) is 0 Å². The van der Waals surface area contributed by atoms with Gasteiger partial charge in [-0.25, -0.2) is 0 Å². The minimum Gasteiger partial charge on any atom is -0.508 e. The molecule has 1 aliphatic heterocycles. The number of rotatable bonds is 7. The van der Waals surface area contributed by atoms with Crippen LogP contribution < -0.4 is 4.74 Å². The highest BCUT2D eigenvalue weighted by molar-refractivity contribution is 5.47. The Labute approximate surface area is 161 Å². The first-order valence-corrected chi connectivity index (χ1v) is 9.54. The number of ether oxygens (including phenoxy) is 2. The molecule has 4 heteroatoms. The van der Waals surface area contributed by atoms with Crippen LogP contribution in [0.3, 0.4) is 0 Å². The van der Waals surface area contributed by atoms with E-state index < -0.39 is 0 Å². The predicted octanol–water partition coefficient (Wildman–Crippen LogP) is 5.28. The van der Waals surface area contributed by atoms with Gasteiger partial charge in [0.15, 0.2) is 0 Å². The molecule has 1 N–H and O–H groups in total. The molecule has 27 heavy (non-hydrogen) atoms. The normalized spacial score (nSPS) is 18.9. The summed E-state index contributed by atoms with van der Waals surface area (Å²) >= 11 is 0. The number of allylic oxidation sites excluding steroid dienone is 2. The van der Waals surface area contributed by atoms with Gasteiger partial charge in [0.2, 0.25) is 0 Å². The molecule has 2 atom stereocenters. The van der Waals surface area contributed by atoms with Crippen LogP contribution >= 0.6 is 0 Å². The molecule has 0 bridgehead atoms. The minimum atomic E-state index is -0.388. The van der Waals surface area contributed by atoms with Crippen LogP contribution in [0.2, 0.25) is 0 Å². The Balaban J connectivity index is 1.61. The smallest absolute Gasteiger partial charge is 0.131 e. The predicted molar refractivity (Wildman–Crippen MR) is 107 cm³/mol. The Kier molecular flexibility index (Phi) is 5.66. The molecule has 0 amide bonds. The average Bonchev–Trinajstić information content (AvgIpc) is 3.21. The van der Waals surface area contributed by atoms with Crippen molar-refractivity contribution in [2.45, 2.75) is 65.1 Å². The zero-order valence-corrected chi connectivity index (χ0v) is 17.0. The molecule has 0 aliphatic carbocycles. The van der Waals surface area contributed by atoms with Crippen molar-refractivity contribution < 1.29 is 19.0 Å². The van der Waals surface area contributed by atoms with Crippen LogP contribution in [0.4, 0.5) is 0 Å². The fourth-order valence-electron chi connectivity index (χ4n) is 3.65. The zero-order valence-electron chi connectivity index (χ0n) is 17.0. The molecule has 1 aliphatic rings.